The van der Waals surface area contributed by atoms with Crippen molar-refractivity contribution in [3.05, 3.63) is 46.0 Å². The van der Waals surface area contributed by atoms with Gasteiger partial charge in [0.05, 0.1) is 15.6 Å². The minimum atomic E-state index is -0.482. The molecule has 76 valence electrons. The SMILES string of the molecule is O=[N+]([O-])c1ccc(Cl)c(-n2cnnc2)c1. The minimum absolute atomic E-state index is 0.0249. The highest BCUT2D eigenvalue weighted by molar-refractivity contribution is 6.32. The van der Waals surface area contributed by atoms with Crippen LogP contribution in [0.3, 0.4) is 0 Å². The topological polar surface area (TPSA) is 73.8 Å². The number of aromatic nitrogens is 3. The summed E-state index contributed by atoms with van der Waals surface area (Å²) in [6.07, 6.45) is 2.84. The van der Waals surface area contributed by atoms with Crippen LogP contribution in [0.4, 0.5) is 5.69 Å². The molecule has 0 atom stereocenters. The Labute approximate surface area is 89.3 Å². The number of nitrogens with zero attached hydrogens (tertiary/aromatic N) is 4. The first kappa shape index (κ1) is 9.60. The zero-order chi connectivity index (χ0) is 10.8. The van der Waals surface area contributed by atoms with E-state index in [0.717, 1.165) is 0 Å². The number of hydrogen-bond acceptors (Lipinski definition) is 4. The third-order valence-corrected chi connectivity index (χ3v) is 2.16. The minimum Gasteiger partial charge on any atom is -0.286 e. The van der Waals surface area contributed by atoms with Crippen molar-refractivity contribution in [1.29, 1.82) is 0 Å². The molecule has 2 rings (SSSR count). The van der Waals surface area contributed by atoms with E-state index in [9.17, 15) is 10.1 Å². The van der Waals surface area contributed by atoms with Crippen LogP contribution < -0.4 is 0 Å². The molecule has 6 nitrogen and oxygen atoms in total. The molecule has 0 aliphatic carbocycles. The Morgan fingerprint density at radius 2 is 2.00 bits per heavy atom. The van der Waals surface area contributed by atoms with Gasteiger partial charge in [0.2, 0.25) is 0 Å². The maximum absolute atomic E-state index is 10.6. The standard InChI is InChI=1S/C8H5ClN4O2/c9-7-2-1-6(13(14)15)3-8(7)12-4-10-11-5-12/h1-5H. The van der Waals surface area contributed by atoms with Crippen molar-refractivity contribution >= 4 is 17.3 Å². The normalized spacial score (nSPS) is 10.2. The molecular formula is C8H5ClN4O2. The van der Waals surface area contributed by atoms with Crippen LogP contribution in [-0.4, -0.2) is 19.7 Å². The molecule has 15 heavy (non-hydrogen) atoms. The van der Waals surface area contributed by atoms with Gasteiger partial charge in [-0.05, 0) is 6.07 Å². The fourth-order valence-corrected chi connectivity index (χ4v) is 1.35. The van der Waals surface area contributed by atoms with Crippen LogP contribution in [0.1, 0.15) is 0 Å². The summed E-state index contributed by atoms with van der Waals surface area (Å²) in [5.41, 5.74) is 0.457. The number of rotatable bonds is 2. The van der Waals surface area contributed by atoms with E-state index in [4.69, 9.17) is 11.6 Å². The highest BCUT2D eigenvalue weighted by atomic mass is 35.5. The van der Waals surface area contributed by atoms with E-state index in [2.05, 4.69) is 10.2 Å². The Kier molecular flexibility index (Phi) is 2.34. The van der Waals surface area contributed by atoms with Gasteiger partial charge in [0.15, 0.2) is 0 Å². The summed E-state index contributed by atoms with van der Waals surface area (Å²) in [6.45, 7) is 0. The maximum Gasteiger partial charge on any atom is 0.271 e. The van der Waals surface area contributed by atoms with Crippen molar-refractivity contribution in [2.75, 3.05) is 0 Å². The van der Waals surface area contributed by atoms with Crippen LogP contribution in [-0.2, 0) is 0 Å². The fraction of sp³-hybridized carbons (Fsp3) is 0. The Morgan fingerprint density at radius 1 is 1.33 bits per heavy atom. The Balaban J connectivity index is 2.55. The number of benzene rings is 1. The maximum atomic E-state index is 10.6. The van der Waals surface area contributed by atoms with Crippen molar-refractivity contribution in [3.8, 4) is 5.69 Å². The number of halogens is 1. The van der Waals surface area contributed by atoms with E-state index in [0.29, 0.717) is 10.7 Å². The molecule has 0 aliphatic rings. The highest BCUT2D eigenvalue weighted by Gasteiger charge is 2.10. The first-order valence-electron chi connectivity index (χ1n) is 3.97. The molecule has 2 aromatic rings. The van der Waals surface area contributed by atoms with E-state index in [1.807, 2.05) is 0 Å². The molecule has 1 heterocycles. The van der Waals surface area contributed by atoms with Gasteiger partial charge < -0.3 is 0 Å². The molecule has 0 bridgehead atoms. The second-order valence-electron chi connectivity index (χ2n) is 2.76. The average molecular weight is 225 g/mol. The van der Waals surface area contributed by atoms with Crippen molar-refractivity contribution < 1.29 is 4.92 Å². The van der Waals surface area contributed by atoms with Crippen LogP contribution in [0.2, 0.25) is 5.02 Å². The summed E-state index contributed by atoms with van der Waals surface area (Å²) < 4.78 is 1.51. The molecule has 0 saturated carbocycles. The molecule has 7 heteroatoms. The summed E-state index contributed by atoms with van der Waals surface area (Å²) in [4.78, 5) is 10.1. The summed E-state index contributed by atoms with van der Waals surface area (Å²) >= 11 is 5.89. The van der Waals surface area contributed by atoms with Crippen LogP contribution in [0.5, 0.6) is 0 Å². The number of hydrogen-bond donors (Lipinski definition) is 0. The summed E-state index contributed by atoms with van der Waals surface area (Å²) in [5, 5.41) is 18.2. The molecule has 0 aliphatic heterocycles. The van der Waals surface area contributed by atoms with E-state index in [-0.39, 0.29) is 5.69 Å². The van der Waals surface area contributed by atoms with Gasteiger partial charge in [-0.3, -0.25) is 14.7 Å². The van der Waals surface area contributed by atoms with Gasteiger partial charge in [-0.15, -0.1) is 10.2 Å². The number of nitro benzene ring substituents is 1. The first-order valence-corrected chi connectivity index (χ1v) is 4.35. The van der Waals surface area contributed by atoms with Gasteiger partial charge >= 0.3 is 0 Å². The predicted molar refractivity (Wildman–Crippen MR) is 53.0 cm³/mol. The smallest absolute Gasteiger partial charge is 0.271 e. The summed E-state index contributed by atoms with van der Waals surface area (Å²) in [6, 6.07) is 4.18. The van der Waals surface area contributed by atoms with Gasteiger partial charge in [-0.25, -0.2) is 0 Å². The second-order valence-corrected chi connectivity index (χ2v) is 3.17. The lowest BCUT2D eigenvalue weighted by atomic mass is 10.3. The van der Waals surface area contributed by atoms with E-state index in [1.165, 1.54) is 35.4 Å². The summed E-state index contributed by atoms with van der Waals surface area (Å²) in [5.74, 6) is 0. The van der Waals surface area contributed by atoms with Crippen molar-refractivity contribution in [3.63, 3.8) is 0 Å². The Hall–Kier alpha value is -1.95. The lowest BCUT2D eigenvalue weighted by Crippen LogP contribution is -1.94. The third kappa shape index (κ3) is 1.79. The molecule has 0 saturated heterocycles. The van der Waals surface area contributed by atoms with Gasteiger partial charge in [-0.1, -0.05) is 11.6 Å². The second kappa shape index (κ2) is 3.66. The molecule has 0 unspecified atom stereocenters. The number of nitro groups is 1. The van der Waals surface area contributed by atoms with Crippen LogP contribution in [0, 0.1) is 10.1 Å². The average Bonchev–Trinajstić information content (AvgIpc) is 2.71. The molecular weight excluding hydrogens is 220 g/mol. The predicted octanol–water partition coefficient (Wildman–Crippen LogP) is 1.83. The van der Waals surface area contributed by atoms with Gasteiger partial charge in [0.1, 0.15) is 12.7 Å². The molecule has 0 N–H and O–H groups in total. The van der Waals surface area contributed by atoms with Gasteiger partial charge in [-0.2, -0.15) is 0 Å². The molecule has 1 aromatic carbocycles. The number of non-ortho nitro benzene ring substituents is 1. The van der Waals surface area contributed by atoms with Crippen molar-refractivity contribution in [2.24, 2.45) is 0 Å². The van der Waals surface area contributed by atoms with Crippen LogP contribution in [0.25, 0.3) is 5.69 Å². The van der Waals surface area contributed by atoms with Crippen molar-refractivity contribution in [1.82, 2.24) is 14.8 Å². The van der Waals surface area contributed by atoms with Gasteiger partial charge in [0, 0.05) is 12.1 Å². The molecule has 0 fully saturated rings. The molecule has 0 amide bonds. The van der Waals surface area contributed by atoms with Crippen molar-refractivity contribution in [2.45, 2.75) is 0 Å². The molecule has 0 radical (unpaired) electrons. The highest BCUT2D eigenvalue weighted by Crippen LogP contribution is 2.24. The molecule has 1 aromatic heterocycles. The quantitative estimate of drug-likeness (QED) is 0.576. The monoisotopic (exact) mass is 224 g/mol. The molecule has 0 spiro atoms. The summed E-state index contributed by atoms with van der Waals surface area (Å²) in [7, 11) is 0. The van der Waals surface area contributed by atoms with E-state index < -0.39 is 4.92 Å². The van der Waals surface area contributed by atoms with Gasteiger partial charge in [0.25, 0.3) is 5.69 Å². The van der Waals surface area contributed by atoms with E-state index >= 15 is 0 Å². The van der Waals surface area contributed by atoms with Crippen LogP contribution in [0.15, 0.2) is 30.9 Å². The fourth-order valence-electron chi connectivity index (χ4n) is 1.14. The lowest BCUT2D eigenvalue weighted by molar-refractivity contribution is -0.384. The van der Waals surface area contributed by atoms with E-state index in [1.54, 1.807) is 0 Å². The lowest BCUT2D eigenvalue weighted by Gasteiger charge is -2.02. The van der Waals surface area contributed by atoms with Crippen LogP contribution >= 0.6 is 11.6 Å². The zero-order valence-electron chi connectivity index (χ0n) is 7.37. The zero-order valence-corrected chi connectivity index (χ0v) is 8.13. The largest absolute Gasteiger partial charge is 0.286 e. The Morgan fingerprint density at radius 3 is 2.60 bits per heavy atom. The first-order chi connectivity index (χ1) is 7.18. The third-order valence-electron chi connectivity index (χ3n) is 1.84. The Bertz CT molecular complexity index is 497.